The van der Waals surface area contributed by atoms with E-state index < -0.39 is 0 Å². The van der Waals surface area contributed by atoms with Gasteiger partial charge < -0.3 is 16.0 Å². The van der Waals surface area contributed by atoms with Gasteiger partial charge in [0.25, 0.3) is 0 Å². The van der Waals surface area contributed by atoms with Gasteiger partial charge in [0.15, 0.2) is 0 Å². The van der Waals surface area contributed by atoms with Gasteiger partial charge in [0.2, 0.25) is 5.91 Å². The molecule has 1 amide bonds. The predicted octanol–water partition coefficient (Wildman–Crippen LogP) is 1.13. The quantitative estimate of drug-likeness (QED) is 0.875. The standard InChI is InChI=1S/C16H24N4O/c1-18-16(21)14-7-2-3-8-20(14)15-12(10-17)9-11-5-4-6-13(11)19-15/h9,14H,2-8,10,17H2,1H3,(H,18,21). The lowest BCUT2D eigenvalue weighted by molar-refractivity contribution is -0.122. The zero-order chi connectivity index (χ0) is 14.8. The number of hydrogen-bond donors (Lipinski definition) is 2. The Labute approximate surface area is 125 Å². The van der Waals surface area contributed by atoms with Gasteiger partial charge in [-0.3, -0.25) is 4.79 Å². The summed E-state index contributed by atoms with van der Waals surface area (Å²) in [5.74, 6) is 1.02. The molecule has 0 radical (unpaired) electrons. The number of nitrogens with one attached hydrogen (secondary N) is 1. The number of carbonyl (C=O) groups is 1. The largest absolute Gasteiger partial charge is 0.357 e. The molecule has 2 heterocycles. The van der Waals surface area contributed by atoms with Crippen molar-refractivity contribution in [2.75, 3.05) is 18.5 Å². The number of piperidine rings is 1. The van der Waals surface area contributed by atoms with E-state index in [0.717, 1.165) is 50.0 Å². The summed E-state index contributed by atoms with van der Waals surface area (Å²) in [5, 5.41) is 2.78. The van der Waals surface area contributed by atoms with Crippen LogP contribution >= 0.6 is 0 Å². The Hall–Kier alpha value is -1.62. The van der Waals surface area contributed by atoms with E-state index in [1.807, 2.05) is 0 Å². The van der Waals surface area contributed by atoms with E-state index in [2.05, 4.69) is 16.3 Å². The molecule has 1 saturated heterocycles. The number of carbonyl (C=O) groups excluding carboxylic acids is 1. The van der Waals surface area contributed by atoms with Gasteiger partial charge in [-0.25, -0.2) is 4.98 Å². The van der Waals surface area contributed by atoms with Crippen LogP contribution in [-0.2, 0) is 24.2 Å². The summed E-state index contributed by atoms with van der Waals surface area (Å²) in [5.41, 5.74) is 9.55. The lowest BCUT2D eigenvalue weighted by atomic mass is 10.00. The second kappa shape index (κ2) is 6.02. The molecule has 2 aliphatic rings. The van der Waals surface area contributed by atoms with Crippen LogP contribution in [-0.4, -0.2) is 30.5 Å². The topological polar surface area (TPSA) is 71.2 Å². The fourth-order valence-corrected chi connectivity index (χ4v) is 3.53. The van der Waals surface area contributed by atoms with Gasteiger partial charge in [-0.1, -0.05) is 0 Å². The Balaban J connectivity index is 1.99. The normalized spacial score (nSPS) is 21.2. The summed E-state index contributed by atoms with van der Waals surface area (Å²) < 4.78 is 0. The van der Waals surface area contributed by atoms with Crippen LogP contribution in [0.1, 0.15) is 42.5 Å². The molecule has 0 aromatic carbocycles. The molecule has 0 spiro atoms. The number of hydrogen-bond acceptors (Lipinski definition) is 4. The van der Waals surface area contributed by atoms with E-state index in [0.29, 0.717) is 6.54 Å². The van der Waals surface area contributed by atoms with Crippen molar-refractivity contribution in [3.05, 3.63) is 22.9 Å². The van der Waals surface area contributed by atoms with Crippen LogP contribution in [0, 0.1) is 0 Å². The van der Waals surface area contributed by atoms with Crippen molar-refractivity contribution in [1.82, 2.24) is 10.3 Å². The molecule has 1 aliphatic carbocycles. The number of aromatic nitrogens is 1. The number of nitrogens with two attached hydrogens (primary N) is 1. The van der Waals surface area contributed by atoms with Gasteiger partial charge in [0.05, 0.1) is 0 Å². The highest BCUT2D eigenvalue weighted by Crippen LogP contribution is 2.31. The van der Waals surface area contributed by atoms with Gasteiger partial charge in [-0.05, 0) is 50.2 Å². The zero-order valence-corrected chi connectivity index (χ0v) is 12.7. The summed E-state index contributed by atoms with van der Waals surface area (Å²) in [7, 11) is 1.70. The number of amides is 1. The molecular weight excluding hydrogens is 264 g/mol. The maximum atomic E-state index is 12.2. The first-order valence-corrected chi connectivity index (χ1v) is 7.94. The number of aryl methyl sites for hydroxylation is 2. The lowest BCUT2D eigenvalue weighted by Crippen LogP contribution is -2.49. The molecule has 114 valence electrons. The molecule has 1 fully saturated rings. The number of rotatable bonds is 3. The summed E-state index contributed by atoms with van der Waals surface area (Å²) in [6, 6.07) is 2.10. The number of likely N-dealkylation sites (N-methyl/N-ethyl adjacent to an activating group) is 1. The van der Waals surface area contributed by atoms with Crippen molar-refractivity contribution in [2.24, 2.45) is 5.73 Å². The number of nitrogens with zero attached hydrogens (tertiary/aromatic N) is 2. The van der Waals surface area contributed by atoms with Gasteiger partial charge in [-0.2, -0.15) is 0 Å². The summed E-state index contributed by atoms with van der Waals surface area (Å²) in [6.07, 6.45) is 6.42. The van der Waals surface area contributed by atoms with Gasteiger partial charge in [0.1, 0.15) is 11.9 Å². The Morgan fingerprint density at radius 1 is 1.43 bits per heavy atom. The summed E-state index contributed by atoms with van der Waals surface area (Å²) >= 11 is 0. The molecular formula is C16H24N4O. The van der Waals surface area contributed by atoms with Gasteiger partial charge in [0, 0.05) is 31.4 Å². The summed E-state index contributed by atoms with van der Waals surface area (Å²) in [6.45, 7) is 1.36. The molecule has 5 nitrogen and oxygen atoms in total. The molecule has 0 bridgehead atoms. The Bertz CT molecular complexity index is 543. The fraction of sp³-hybridized carbons (Fsp3) is 0.625. The average molecular weight is 288 g/mol. The molecule has 3 N–H and O–H groups in total. The smallest absolute Gasteiger partial charge is 0.242 e. The first kappa shape index (κ1) is 14.3. The first-order valence-electron chi connectivity index (χ1n) is 7.94. The van der Waals surface area contributed by atoms with Crippen LogP contribution in [0.2, 0.25) is 0 Å². The minimum Gasteiger partial charge on any atom is -0.357 e. The Kier molecular flexibility index (Phi) is 4.10. The SMILES string of the molecule is CNC(=O)C1CCCCN1c1nc2c(cc1CN)CCC2. The second-order valence-electron chi connectivity index (χ2n) is 5.95. The van der Waals surface area contributed by atoms with Gasteiger partial charge in [-0.15, -0.1) is 0 Å². The van der Waals surface area contributed by atoms with Crippen LogP contribution in [0.25, 0.3) is 0 Å². The van der Waals surface area contributed by atoms with Crippen molar-refractivity contribution in [2.45, 2.75) is 51.1 Å². The van der Waals surface area contributed by atoms with E-state index in [1.165, 1.54) is 17.7 Å². The van der Waals surface area contributed by atoms with Crippen molar-refractivity contribution in [3.8, 4) is 0 Å². The molecule has 21 heavy (non-hydrogen) atoms. The summed E-state index contributed by atoms with van der Waals surface area (Å²) in [4.78, 5) is 19.2. The average Bonchev–Trinajstić information content (AvgIpc) is 3.00. The van der Waals surface area contributed by atoms with Crippen molar-refractivity contribution >= 4 is 11.7 Å². The third-order valence-electron chi connectivity index (χ3n) is 4.65. The maximum Gasteiger partial charge on any atom is 0.242 e. The molecule has 1 aromatic rings. The highest BCUT2D eigenvalue weighted by Gasteiger charge is 2.31. The van der Waals surface area contributed by atoms with Crippen LogP contribution < -0.4 is 16.0 Å². The number of pyridine rings is 1. The zero-order valence-electron chi connectivity index (χ0n) is 12.7. The maximum absolute atomic E-state index is 12.2. The molecule has 1 aromatic heterocycles. The van der Waals surface area contributed by atoms with E-state index in [-0.39, 0.29) is 11.9 Å². The minimum absolute atomic E-state index is 0.0833. The number of fused-ring (bicyclic) bond motifs is 1. The molecule has 5 heteroatoms. The van der Waals surface area contributed by atoms with Crippen LogP contribution in [0.5, 0.6) is 0 Å². The Morgan fingerprint density at radius 3 is 3.05 bits per heavy atom. The Morgan fingerprint density at radius 2 is 2.29 bits per heavy atom. The molecule has 0 saturated carbocycles. The molecule has 1 atom stereocenters. The van der Waals surface area contributed by atoms with Crippen molar-refractivity contribution < 1.29 is 4.79 Å². The van der Waals surface area contributed by atoms with E-state index in [4.69, 9.17) is 10.7 Å². The lowest BCUT2D eigenvalue weighted by Gasteiger charge is -2.36. The van der Waals surface area contributed by atoms with E-state index in [1.54, 1.807) is 7.05 Å². The number of anilines is 1. The monoisotopic (exact) mass is 288 g/mol. The van der Waals surface area contributed by atoms with Crippen LogP contribution in [0.3, 0.4) is 0 Å². The fourth-order valence-electron chi connectivity index (χ4n) is 3.53. The van der Waals surface area contributed by atoms with E-state index >= 15 is 0 Å². The predicted molar refractivity (Wildman–Crippen MR) is 83.2 cm³/mol. The van der Waals surface area contributed by atoms with Crippen LogP contribution in [0.15, 0.2) is 6.07 Å². The molecule has 1 unspecified atom stereocenters. The molecule has 1 aliphatic heterocycles. The van der Waals surface area contributed by atoms with Crippen molar-refractivity contribution in [3.63, 3.8) is 0 Å². The van der Waals surface area contributed by atoms with Crippen molar-refractivity contribution in [1.29, 1.82) is 0 Å². The third-order valence-corrected chi connectivity index (χ3v) is 4.65. The van der Waals surface area contributed by atoms with Crippen LogP contribution in [0.4, 0.5) is 5.82 Å². The second-order valence-corrected chi connectivity index (χ2v) is 5.95. The van der Waals surface area contributed by atoms with E-state index in [9.17, 15) is 4.79 Å². The first-order chi connectivity index (χ1) is 10.2. The van der Waals surface area contributed by atoms with Gasteiger partial charge >= 0.3 is 0 Å². The third kappa shape index (κ3) is 2.62. The molecule has 3 rings (SSSR count). The minimum atomic E-state index is -0.110. The highest BCUT2D eigenvalue weighted by molar-refractivity contribution is 5.85. The highest BCUT2D eigenvalue weighted by atomic mass is 16.2.